The van der Waals surface area contributed by atoms with Crippen LogP contribution in [0.15, 0.2) is 24.8 Å². The van der Waals surface area contributed by atoms with E-state index >= 15 is 0 Å². The zero-order chi connectivity index (χ0) is 13.0. The molecule has 94 valence electrons. The van der Waals surface area contributed by atoms with Crippen molar-refractivity contribution >= 4 is 5.78 Å². The van der Waals surface area contributed by atoms with Crippen LogP contribution in [0.4, 0.5) is 0 Å². The van der Waals surface area contributed by atoms with Crippen molar-refractivity contribution < 1.29 is 4.79 Å². The van der Waals surface area contributed by atoms with Gasteiger partial charge in [-0.25, -0.2) is 15.0 Å². The fourth-order valence-electron chi connectivity index (χ4n) is 1.71. The number of carbonyl (C=O) groups is 1. The van der Waals surface area contributed by atoms with Gasteiger partial charge in [-0.1, -0.05) is 6.92 Å². The summed E-state index contributed by atoms with van der Waals surface area (Å²) in [6, 6.07) is 0. The van der Waals surface area contributed by atoms with Crippen LogP contribution in [-0.4, -0.2) is 25.3 Å². The number of carbonyl (C=O) groups excluding carboxylic acids is 1. The number of imidazole rings is 1. The highest BCUT2D eigenvalue weighted by Gasteiger charge is 2.13. The van der Waals surface area contributed by atoms with E-state index in [0.29, 0.717) is 0 Å². The molecule has 2 aromatic rings. The largest absolute Gasteiger partial charge is 0.335 e. The molecule has 0 aliphatic rings. The highest BCUT2D eigenvalue weighted by molar-refractivity contribution is 5.93. The summed E-state index contributed by atoms with van der Waals surface area (Å²) in [6.45, 7) is 4.86. The maximum Gasteiger partial charge on any atom is 0.207 e. The molecule has 0 aromatic carbocycles. The minimum absolute atomic E-state index is 0.0986. The highest BCUT2D eigenvalue weighted by Crippen LogP contribution is 2.04. The van der Waals surface area contributed by atoms with Crippen LogP contribution in [-0.2, 0) is 13.0 Å². The molecule has 0 saturated heterocycles. The monoisotopic (exact) mass is 244 g/mol. The predicted octanol–water partition coefficient (Wildman–Crippen LogP) is 1.82. The Bertz CT molecular complexity index is 530. The van der Waals surface area contributed by atoms with Gasteiger partial charge in [-0.15, -0.1) is 0 Å². The Kier molecular flexibility index (Phi) is 3.82. The maximum absolute atomic E-state index is 12.0. The van der Waals surface area contributed by atoms with Gasteiger partial charge in [0.1, 0.15) is 5.82 Å². The topological polar surface area (TPSA) is 60.7 Å². The zero-order valence-electron chi connectivity index (χ0n) is 10.6. The van der Waals surface area contributed by atoms with Gasteiger partial charge in [0.05, 0.1) is 6.42 Å². The van der Waals surface area contributed by atoms with Crippen molar-refractivity contribution in [3.05, 3.63) is 42.0 Å². The van der Waals surface area contributed by atoms with Gasteiger partial charge in [-0.2, -0.15) is 0 Å². The van der Waals surface area contributed by atoms with Crippen molar-refractivity contribution in [1.82, 2.24) is 19.5 Å². The van der Waals surface area contributed by atoms with Crippen LogP contribution in [0.25, 0.3) is 0 Å². The number of nitrogens with zero attached hydrogens (tertiary/aromatic N) is 4. The molecule has 0 bridgehead atoms. The lowest BCUT2D eigenvalue weighted by Gasteiger charge is -2.05. The molecule has 0 aliphatic carbocycles. The van der Waals surface area contributed by atoms with Gasteiger partial charge in [-0.05, 0) is 18.9 Å². The number of aryl methyl sites for hydroxylation is 2. The van der Waals surface area contributed by atoms with E-state index in [1.54, 1.807) is 18.6 Å². The summed E-state index contributed by atoms with van der Waals surface area (Å²) in [4.78, 5) is 24.3. The Balaban J connectivity index is 2.11. The fraction of sp³-hybridized carbons (Fsp3) is 0.385. The minimum Gasteiger partial charge on any atom is -0.335 e. The number of aromatic nitrogens is 4. The Morgan fingerprint density at radius 2 is 2.00 bits per heavy atom. The fourth-order valence-corrected chi connectivity index (χ4v) is 1.71. The normalized spacial score (nSPS) is 10.6. The second-order valence-electron chi connectivity index (χ2n) is 4.22. The molecule has 0 unspecified atom stereocenters. The molecule has 0 amide bonds. The van der Waals surface area contributed by atoms with Crippen molar-refractivity contribution in [2.24, 2.45) is 0 Å². The average Bonchev–Trinajstić information content (AvgIpc) is 2.78. The molecule has 0 radical (unpaired) electrons. The lowest BCUT2D eigenvalue weighted by Crippen LogP contribution is -2.13. The van der Waals surface area contributed by atoms with E-state index in [1.165, 1.54) is 0 Å². The molecule has 2 rings (SSSR count). The summed E-state index contributed by atoms with van der Waals surface area (Å²) < 4.78 is 1.99. The van der Waals surface area contributed by atoms with Crippen molar-refractivity contribution in [1.29, 1.82) is 0 Å². The molecule has 0 atom stereocenters. The first-order valence-electron chi connectivity index (χ1n) is 6.02. The third-order valence-electron chi connectivity index (χ3n) is 2.62. The Hall–Kier alpha value is -2.04. The predicted molar refractivity (Wildman–Crippen MR) is 67.3 cm³/mol. The quantitative estimate of drug-likeness (QED) is 0.753. The van der Waals surface area contributed by atoms with Crippen molar-refractivity contribution in [3.63, 3.8) is 0 Å². The Morgan fingerprint density at radius 1 is 1.28 bits per heavy atom. The molecular weight excluding hydrogens is 228 g/mol. The van der Waals surface area contributed by atoms with Crippen LogP contribution in [0.1, 0.15) is 35.4 Å². The second-order valence-corrected chi connectivity index (χ2v) is 4.22. The third kappa shape index (κ3) is 2.80. The van der Waals surface area contributed by atoms with Crippen LogP contribution < -0.4 is 0 Å². The van der Waals surface area contributed by atoms with Crippen LogP contribution in [0.3, 0.4) is 0 Å². The number of rotatable bonds is 5. The molecule has 2 aromatic heterocycles. The Labute approximate surface area is 106 Å². The summed E-state index contributed by atoms with van der Waals surface area (Å²) >= 11 is 0. The second kappa shape index (κ2) is 5.53. The lowest BCUT2D eigenvalue weighted by molar-refractivity contribution is 0.0979. The van der Waals surface area contributed by atoms with E-state index < -0.39 is 0 Å². The van der Waals surface area contributed by atoms with Gasteiger partial charge in [-0.3, -0.25) is 4.79 Å². The van der Waals surface area contributed by atoms with Gasteiger partial charge < -0.3 is 4.57 Å². The summed E-state index contributed by atoms with van der Waals surface area (Å²) in [6.07, 6.45) is 8.17. The highest BCUT2D eigenvalue weighted by atomic mass is 16.1. The third-order valence-corrected chi connectivity index (χ3v) is 2.62. The molecule has 0 spiro atoms. The van der Waals surface area contributed by atoms with E-state index in [2.05, 4.69) is 21.9 Å². The lowest BCUT2D eigenvalue weighted by atomic mass is 10.2. The molecule has 5 nitrogen and oxygen atoms in total. The SMILES string of the molecule is CCCn1ccnc1CC(=O)c1ncc(C)cn1. The van der Waals surface area contributed by atoms with E-state index in [9.17, 15) is 4.79 Å². The van der Waals surface area contributed by atoms with Crippen molar-refractivity contribution in [3.8, 4) is 0 Å². The number of hydrogen-bond donors (Lipinski definition) is 0. The first-order chi connectivity index (χ1) is 8.70. The van der Waals surface area contributed by atoms with E-state index in [1.807, 2.05) is 17.7 Å². The molecule has 0 saturated carbocycles. The van der Waals surface area contributed by atoms with Crippen LogP contribution in [0.5, 0.6) is 0 Å². The van der Waals surface area contributed by atoms with Crippen molar-refractivity contribution in [2.75, 3.05) is 0 Å². The number of hydrogen-bond acceptors (Lipinski definition) is 4. The van der Waals surface area contributed by atoms with Crippen LogP contribution in [0.2, 0.25) is 0 Å². The molecule has 0 N–H and O–H groups in total. The minimum atomic E-state index is -0.0986. The maximum atomic E-state index is 12.0. The van der Waals surface area contributed by atoms with Crippen LogP contribution in [0, 0.1) is 6.92 Å². The zero-order valence-corrected chi connectivity index (χ0v) is 10.6. The number of ketones is 1. The molecule has 0 fully saturated rings. The summed E-state index contributed by atoms with van der Waals surface area (Å²) in [5.41, 5.74) is 0.944. The number of Topliss-reactive ketones (excluding diaryl/α,β-unsaturated/α-hetero) is 1. The van der Waals surface area contributed by atoms with E-state index in [4.69, 9.17) is 0 Å². The summed E-state index contributed by atoms with van der Waals surface area (Å²) in [7, 11) is 0. The molecule has 0 aliphatic heterocycles. The first-order valence-corrected chi connectivity index (χ1v) is 6.02. The average molecular weight is 244 g/mol. The van der Waals surface area contributed by atoms with E-state index in [0.717, 1.165) is 24.4 Å². The van der Waals surface area contributed by atoms with Gasteiger partial charge in [0.15, 0.2) is 5.82 Å². The standard InChI is InChI=1S/C13H16N4O/c1-3-5-17-6-4-14-12(17)7-11(18)13-15-8-10(2)9-16-13/h4,6,8-9H,3,5,7H2,1-2H3. The van der Waals surface area contributed by atoms with Gasteiger partial charge >= 0.3 is 0 Å². The summed E-state index contributed by atoms with van der Waals surface area (Å²) in [5.74, 6) is 0.927. The van der Waals surface area contributed by atoms with Gasteiger partial charge in [0, 0.05) is 31.3 Å². The molecule has 5 heteroatoms. The first kappa shape index (κ1) is 12.4. The molecule has 2 heterocycles. The van der Waals surface area contributed by atoms with Gasteiger partial charge in [0.2, 0.25) is 5.78 Å². The van der Waals surface area contributed by atoms with Gasteiger partial charge in [0.25, 0.3) is 0 Å². The molecule has 18 heavy (non-hydrogen) atoms. The molecular formula is C13H16N4O. The smallest absolute Gasteiger partial charge is 0.207 e. The van der Waals surface area contributed by atoms with Crippen LogP contribution >= 0.6 is 0 Å². The van der Waals surface area contributed by atoms with E-state index in [-0.39, 0.29) is 18.0 Å². The summed E-state index contributed by atoms with van der Waals surface area (Å²) in [5, 5.41) is 0. The van der Waals surface area contributed by atoms with Crippen molar-refractivity contribution in [2.45, 2.75) is 33.2 Å². The Morgan fingerprint density at radius 3 is 2.67 bits per heavy atom.